The van der Waals surface area contributed by atoms with Crippen LogP contribution in [0.25, 0.3) is 0 Å². The number of rotatable bonds is 7. The molecule has 18 heavy (non-hydrogen) atoms. The number of nitrogens with one attached hydrogen (secondary N) is 1. The number of amides is 1. The molecule has 0 aliphatic carbocycles. The Labute approximate surface area is 109 Å². The van der Waals surface area contributed by atoms with E-state index in [1.54, 1.807) is 7.05 Å². The minimum absolute atomic E-state index is 0.0690. The zero-order chi connectivity index (χ0) is 13.5. The van der Waals surface area contributed by atoms with Gasteiger partial charge >= 0.3 is 0 Å². The molecular formula is C13H26N2O3. The number of likely N-dealkylation sites (tertiary alicyclic amines) is 1. The molecule has 3 N–H and O–H groups in total. The van der Waals surface area contributed by atoms with Gasteiger partial charge in [-0.2, -0.15) is 0 Å². The van der Waals surface area contributed by atoms with Gasteiger partial charge in [-0.3, -0.25) is 9.69 Å². The highest BCUT2D eigenvalue weighted by molar-refractivity contribution is 5.82. The Kier molecular flexibility index (Phi) is 6.60. The van der Waals surface area contributed by atoms with Crippen LogP contribution < -0.4 is 5.32 Å². The van der Waals surface area contributed by atoms with Crippen molar-refractivity contribution in [2.45, 2.75) is 57.2 Å². The second-order valence-electron chi connectivity index (χ2n) is 4.98. The SMILES string of the molecule is CCCCCCN1[C@@H](C(=O)NC)C[C@H](O)[C@H]1CO. The highest BCUT2D eigenvalue weighted by Gasteiger charge is 2.42. The van der Waals surface area contributed by atoms with Crippen molar-refractivity contribution in [1.82, 2.24) is 10.2 Å². The quantitative estimate of drug-likeness (QED) is 0.567. The standard InChI is InChI=1S/C13H26N2O3/c1-3-4-5-6-7-15-10(13(18)14-2)8-12(17)11(15)9-16/h10-12,16-17H,3-9H2,1-2H3,(H,14,18)/t10-,11-,12+/m1/s1. The summed E-state index contributed by atoms with van der Waals surface area (Å²) in [6.07, 6.45) is 4.30. The van der Waals surface area contributed by atoms with Crippen LogP contribution in [0.3, 0.4) is 0 Å². The van der Waals surface area contributed by atoms with Gasteiger partial charge in [0.05, 0.1) is 24.8 Å². The molecule has 0 unspecified atom stereocenters. The number of unbranched alkanes of at least 4 members (excludes halogenated alkanes) is 3. The zero-order valence-corrected chi connectivity index (χ0v) is 11.4. The first-order chi connectivity index (χ1) is 8.65. The van der Waals surface area contributed by atoms with E-state index in [0.717, 1.165) is 19.4 Å². The van der Waals surface area contributed by atoms with E-state index in [-0.39, 0.29) is 24.6 Å². The molecule has 1 heterocycles. The van der Waals surface area contributed by atoms with Crippen LogP contribution in [0.5, 0.6) is 0 Å². The Morgan fingerprint density at radius 3 is 2.67 bits per heavy atom. The van der Waals surface area contributed by atoms with Gasteiger partial charge in [0.2, 0.25) is 5.91 Å². The van der Waals surface area contributed by atoms with Crippen LogP contribution in [0, 0.1) is 0 Å². The summed E-state index contributed by atoms with van der Waals surface area (Å²) in [7, 11) is 1.61. The topological polar surface area (TPSA) is 72.8 Å². The van der Waals surface area contributed by atoms with Gasteiger partial charge < -0.3 is 15.5 Å². The lowest BCUT2D eigenvalue weighted by Gasteiger charge is -2.28. The predicted molar refractivity (Wildman–Crippen MR) is 70.2 cm³/mol. The van der Waals surface area contributed by atoms with E-state index in [1.165, 1.54) is 12.8 Å². The van der Waals surface area contributed by atoms with E-state index < -0.39 is 6.10 Å². The molecule has 5 nitrogen and oxygen atoms in total. The maximum absolute atomic E-state index is 11.8. The number of hydrogen-bond acceptors (Lipinski definition) is 4. The number of hydrogen-bond donors (Lipinski definition) is 3. The molecule has 0 aromatic heterocycles. The lowest BCUT2D eigenvalue weighted by atomic mass is 10.1. The second kappa shape index (κ2) is 7.71. The van der Waals surface area contributed by atoms with Crippen LogP contribution in [0.15, 0.2) is 0 Å². The van der Waals surface area contributed by atoms with Crippen molar-refractivity contribution in [2.24, 2.45) is 0 Å². The van der Waals surface area contributed by atoms with Crippen molar-refractivity contribution in [1.29, 1.82) is 0 Å². The third kappa shape index (κ3) is 3.67. The monoisotopic (exact) mass is 258 g/mol. The largest absolute Gasteiger partial charge is 0.395 e. The Morgan fingerprint density at radius 2 is 2.11 bits per heavy atom. The van der Waals surface area contributed by atoms with Gasteiger partial charge in [0.25, 0.3) is 0 Å². The van der Waals surface area contributed by atoms with Crippen molar-refractivity contribution in [3.8, 4) is 0 Å². The van der Waals surface area contributed by atoms with E-state index in [2.05, 4.69) is 12.2 Å². The molecule has 0 aromatic carbocycles. The number of carbonyl (C=O) groups is 1. The van der Waals surface area contributed by atoms with Crippen LogP contribution >= 0.6 is 0 Å². The molecular weight excluding hydrogens is 232 g/mol. The minimum atomic E-state index is -0.608. The Hall–Kier alpha value is -0.650. The molecule has 0 radical (unpaired) electrons. The highest BCUT2D eigenvalue weighted by atomic mass is 16.3. The molecule has 0 aromatic rings. The van der Waals surface area contributed by atoms with Crippen molar-refractivity contribution < 1.29 is 15.0 Å². The van der Waals surface area contributed by atoms with Gasteiger partial charge in [-0.25, -0.2) is 0 Å². The van der Waals surface area contributed by atoms with Gasteiger partial charge in [-0.15, -0.1) is 0 Å². The van der Waals surface area contributed by atoms with E-state index in [4.69, 9.17) is 0 Å². The zero-order valence-electron chi connectivity index (χ0n) is 11.4. The van der Waals surface area contributed by atoms with Crippen LogP contribution in [0.1, 0.15) is 39.0 Å². The van der Waals surface area contributed by atoms with Crippen molar-refractivity contribution in [3.05, 3.63) is 0 Å². The number of carbonyl (C=O) groups excluding carboxylic acids is 1. The maximum Gasteiger partial charge on any atom is 0.237 e. The third-order valence-corrected chi connectivity index (χ3v) is 3.74. The average Bonchev–Trinajstić information content (AvgIpc) is 2.70. The fourth-order valence-corrected chi connectivity index (χ4v) is 2.67. The number of nitrogens with zero attached hydrogens (tertiary/aromatic N) is 1. The lowest BCUT2D eigenvalue weighted by molar-refractivity contribution is -0.125. The van der Waals surface area contributed by atoms with Gasteiger partial charge in [0.15, 0.2) is 0 Å². The summed E-state index contributed by atoms with van der Waals surface area (Å²) < 4.78 is 0. The maximum atomic E-state index is 11.8. The Balaban J connectivity index is 2.57. The van der Waals surface area contributed by atoms with Crippen LogP contribution in [0.2, 0.25) is 0 Å². The second-order valence-corrected chi connectivity index (χ2v) is 4.98. The number of aliphatic hydroxyl groups is 2. The Morgan fingerprint density at radius 1 is 1.39 bits per heavy atom. The first-order valence-corrected chi connectivity index (χ1v) is 6.92. The van der Waals surface area contributed by atoms with Gasteiger partial charge in [0, 0.05) is 7.05 Å². The molecule has 1 saturated heterocycles. The fourth-order valence-electron chi connectivity index (χ4n) is 2.67. The first-order valence-electron chi connectivity index (χ1n) is 6.92. The molecule has 0 spiro atoms. The van der Waals surface area contributed by atoms with Crippen LogP contribution in [-0.4, -0.2) is 59.4 Å². The predicted octanol–water partition coefficient (Wildman–Crippen LogP) is 0.109. The van der Waals surface area contributed by atoms with Crippen LogP contribution in [-0.2, 0) is 4.79 Å². The summed E-state index contributed by atoms with van der Waals surface area (Å²) in [5, 5.41) is 21.9. The molecule has 106 valence electrons. The van der Waals surface area contributed by atoms with E-state index in [0.29, 0.717) is 6.42 Å². The summed E-state index contributed by atoms with van der Waals surface area (Å²) in [4.78, 5) is 13.7. The van der Waals surface area contributed by atoms with Crippen LogP contribution in [0.4, 0.5) is 0 Å². The molecule has 1 fully saturated rings. The molecule has 5 heteroatoms. The molecule has 1 amide bonds. The number of aliphatic hydroxyl groups excluding tert-OH is 2. The smallest absolute Gasteiger partial charge is 0.237 e. The average molecular weight is 258 g/mol. The van der Waals surface area contributed by atoms with Gasteiger partial charge in [-0.05, 0) is 19.4 Å². The van der Waals surface area contributed by atoms with Gasteiger partial charge in [0.1, 0.15) is 0 Å². The number of likely N-dealkylation sites (N-methyl/N-ethyl adjacent to an activating group) is 1. The lowest BCUT2D eigenvalue weighted by Crippen LogP contribution is -2.47. The third-order valence-electron chi connectivity index (χ3n) is 3.74. The van der Waals surface area contributed by atoms with Crippen molar-refractivity contribution >= 4 is 5.91 Å². The summed E-state index contributed by atoms with van der Waals surface area (Å²) in [5.74, 6) is -0.0690. The first kappa shape index (κ1) is 15.4. The summed E-state index contributed by atoms with van der Waals surface area (Å²) in [6.45, 7) is 2.83. The molecule has 0 saturated carbocycles. The van der Waals surface area contributed by atoms with E-state index in [9.17, 15) is 15.0 Å². The minimum Gasteiger partial charge on any atom is -0.395 e. The van der Waals surface area contributed by atoms with E-state index in [1.807, 2.05) is 4.90 Å². The highest BCUT2D eigenvalue weighted by Crippen LogP contribution is 2.25. The van der Waals surface area contributed by atoms with Crippen molar-refractivity contribution in [3.63, 3.8) is 0 Å². The van der Waals surface area contributed by atoms with Crippen molar-refractivity contribution in [2.75, 3.05) is 20.2 Å². The molecule has 1 aliphatic rings. The molecule has 1 rings (SSSR count). The molecule has 3 atom stereocenters. The molecule has 1 aliphatic heterocycles. The summed E-state index contributed by atoms with van der Waals surface area (Å²) >= 11 is 0. The fraction of sp³-hybridized carbons (Fsp3) is 0.923. The normalized spacial score (nSPS) is 28.6. The van der Waals surface area contributed by atoms with E-state index >= 15 is 0 Å². The summed E-state index contributed by atoms with van der Waals surface area (Å²) in [6, 6.07) is -0.599. The molecule has 0 bridgehead atoms. The Bertz CT molecular complexity index is 261. The van der Waals surface area contributed by atoms with Gasteiger partial charge in [-0.1, -0.05) is 26.2 Å². The summed E-state index contributed by atoms with van der Waals surface area (Å²) in [5.41, 5.74) is 0.